The minimum atomic E-state index is 0.797. The first-order valence-corrected chi connectivity index (χ1v) is 8.27. The van der Waals surface area contributed by atoms with Crippen molar-refractivity contribution in [3.8, 4) is 5.75 Å². The Balaban J connectivity index is 2.34. The third-order valence-corrected chi connectivity index (χ3v) is 4.13. The summed E-state index contributed by atoms with van der Waals surface area (Å²) in [7, 11) is 3.62. The van der Waals surface area contributed by atoms with Gasteiger partial charge in [-0.25, -0.2) is 0 Å². The monoisotopic (exact) mass is 322 g/mol. The number of rotatable bonds is 7. The van der Waals surface area contributed by atoms with Gasteiger partial charge in [0.25, 0.3) is 0 Å². The number of pyridine rings is 1. The zero-order chi connectivity index (χ0) is 17.5. The molecule has 0 aliphatic carbocycles. The van der Waals surface area contributed by atoms with Crippen LogP contribution in [-0.2, 0) is 12.8 Å². The fraction of sp³-hybridized carbons (Fsp3) is 0.286. The van der Waals surface area contributed by atoms with Crippen LogP contribution in [0.15, 0.2) is 60.5 Å². The molecule has 126 valence electrons. The number of allylic oxidation sites excluding steroid dienone is 4. The zero-order valence-electron chi connectivity index (χ0n) is 15.0. The number of benzene rings is 1. The van der Waals surface area contributed by atoms with Crippen LogP contribution in [0.4, 0.5) is 0 Å². The molecule has 24 heavy (non-hydrogen) atoms. The van der Waals surface area contributed by atoms with E-state index in [1.165, 1.54) is 16.5 Å². The summed E-state index contributed by atoms with van der Waals surface area (Å²) in [5.74, 6) is 0.903. The van der Waals surface area contributed by atoms with Crippen LogP contribution in [0.3, 0.4) is 0 Å². The summed E-state index contributed by atoms with van der Waals surface area (Å²) in [5, 5.41) is 4.31. The first-order valence-electron chi connectivity index (χ1n) is 8.27. The van der Waals surface area contributed by atoms with Gasteiger partial charge >= 0.3 is 0 Å². The number of fused-ring (bicyclic) bond motifs is 1. The minimum absolute atomic E-state index is 0.797. The van der Waals surface area contributed by atoms with Gasteiger partial charge in [-0.05, 0) is 49.1 Å². The van der Waals surface area contributed by atoms with Crippen molar-refractivity contribution in [3.63, 3.8) is 0 Å². The number of hydrogen-bond acceptors (Lipinski definition) is 3. The molecule has 0 saturated heterocycles. The molecule has 1 aromatic heterocycles. The first kappa shape index (κ1) is 17.8. The molecule has 0 fully saturated rings. The van der Waals surface area contributed by atoms with Gasteiger partial charge in [-0.15, -0.1) is 0 Å². The summed E-state index contributed by atoms with van der Waals surface area (Å²) in [6.45, 7) is 8.33. The molecule has 0 atom stereocenters. The van der Waals surface area contributed by atoms with E-state index < -0.39 is 0 Å². The standard InChI is InChI=1S/C21H26N2O/c1-6-16-13-19-17(10-11-23-20(19)14-21(16)24-5)12-15(3)8-9-18(7-2)22-4/h7-11,13-14,22H,3,6,12H2,1-2,4-5H3/b9-8-,18-7+. The Hall–Kier alpha value is -2.55. The zero-order valence-corrected chi connectivity index (χ0v) is 15.0. The summed E-state index contributed by atoms with van der Waals surface area (Å²) in [5.41, 5.74) is 5.53. The van der Waals surface area contributed by atoms with Crippen molar-refractivity contribution < 1.29 is 4.74 Å². The number of nitrogens with zero attached hydrogens (tertiary/aromatic N) is 1. The maximum absolute atomic E-state index is 5.47. The number of nitrogens with one attached hydrogen (secondary N) is 1. The van der Waals surface area contributed by atoms with Crippen molar-refractivity contribution in [2.45, 2.75) is 26.7 Å². The number of aryl methyl sites for hydroxylation is 1. The molecule has 1 heterocycles. The lowest BCUT2D eigenvalue weighted by Crippen LogP contribution is -2.02. The summed E-state index contributed by atoms with van der Waals surface area (Å²) in [4.78, 5) is 4.49. The fourth-order valence-electron chi connectivity index (χ4n) is 2.73. The Kier molecular flexibility index (Phi) is 6.19. The molecule has 2 rings (SSSR count). The van der Waals surface area contributed by atoms with Crippen LogP contribution in [0, 0.1) is 0 Å². The predicted molar refractivity (Wildman–Crippen MR) is 102 cm³/mol. The van der Waals surface area contributed by atoms with E-state index in [9.17, 15) is 0 Å². The van der Waals surface area contributed by atoms with Gasteiger partial charge in [-0.1, -0.05) is 31.2 Å². The van der Waals surface area contributed by atoms with E-state index in [-0.39, 0.29) is 0 Å². The molecule has 2 aromatic rings. The molecule has 0 amide bonds. The van der Waals surface area contributed by atoms with Crippen LogP contribution < -0.4 is 10.1 Å². The summed E-state index contributed by atoms with van der Waals surface area (Å²) < 4.78 is 5.47. The van der Waals surface area contributed by atoms with Crippen LogP contribution >= 0.6 is 0 Å². The highest BCUT2D eigenvalue weighted by molar-refractivity contribution is 5.85. The summed E-state index contributed by atoms with van der Waals surface area (Å²) in [6, 6.07) is 6.29. The van der Waals surface area contributed by atoms with E-state index >= 15 is 0 Å². The highest BCUT2D eigenvalue weighted by Crippen LogP contribution is 2.28. The molecule has 1 N–H and O–H groups in total. The summed E-state index contributed by atoms with van der Waals surface area (Å²) in [6.07, 6.45) is 9.72. The second-order valence-corrected chi connectivity index (χ2v) is 5.67. The van der Waals surface area contributed by atoms with Gasteiger partial charge in [0.2, 0.25) is 0 Å². The lowest BCUT2D eigenvalue weighted by molar-refractivity contribution is 0.410. The Morgan fingerprint density at radius 3 is 2.71 bits per heavy atom. The number of hydrogen-bond donors (Lipinski definition) is 1. The molecular weight excluding hydrogens is 296 g/mol. The van der Waals surface area contributed by atoms with Crippen LogP contribution in [0.5, 0.6) is 5.75 Å². The number of aromatic nitrogens is 1. The maximum Gasteiger partial charge on any atom is 0.124 e. The SMILES string of the molecule is C=C(/C=C\C(=C/C)NC)Cc1ccnc2cc(OC)c(CC)cc12. The van der Waals surface area contributed by atoms with Crippen molar-refractivity contribution in [1.82, 2.24) is 10.3 Å². The van der Waals surface area contributed by atoms with Gasteiger partial charge in [-0.2, -0.15) is 0 Å². The number of methoxy groups -OCH3 is 1. The molecule has 3 heteroatoms. The molecule has 3 nitrogen and oxygen atoms in total. The van der Waals surface area contributed by atoms with Crippen molar-refractivity contribution in [2.75, 3.05) is 14.2 Å². The van der Waals surface area contributed by atoms with Gasteiger partial charge in [0, 0.05) is 30.4 Å². The van der Waals surface area contributed by atoms with E-state index in [1.54, 1.807) is 7.11 Å². The Morgan fingerprint density at radius 2 is 2.08 bits per heavy atom. The quantitative estimate of drug-likeness (QED) is 0.757. The first-order chi connectivity index (χ1) is 11.6. The molecule has 0 aliphatic heterocycles. The molecule has 0 saturated carbocycles. The van der Waals surface area contributed by atoms with Crippen LogP contribution in [0.2, 0.25) is 0 Å². The molecular formula is C21H26N2O. The van der Waals surface area contributed by atoms with Crippen molar-refractivity contribution >= 4 is 10.9 Å². The molecule has 0 spiro atoms. The van der Waals surface area contributed by atoms with Gasteiger partial charge in [0.1, 0.15) is 5.75 Å². The second-order valence-electron chi connectivity index (χ2n) is 5.67. The normalized spacial score (nSPS) is 11.9. The van der Waals surface area contributed by atoms with Crippen LogP contribution in [0.25, 0.3) is 10.9 Å². The average Bonchev–Trinajstić information content (AvgIpc) is 2.61. The number of likely N-dealkylation sites (N-methyl/N-ethyl adjacent to an activating group) is 1. The Labute approximate surface area is 144 Å². The van der Waals surface area contributed by atoms with Crippen molar-refractivity contribution in [2.24, 2.45) is 0 Å². The molecule has 0 unspecified atom stereocenters. The second kappa shape index (κ2) is 8.34. The van der Waals surface area contributed by atoms with Gasteiger partial charge in [0.05, 0.1) is 12.6 Å². The lowest BCUT2D eigenvalue weighted by Gasteiger charge is -2.11. The maximum atomic E-state index is 5.47. The minimum Gasteiger partial charge on any atom is -0.496 e. The van der Waals surface area contributed by atoms with E-state index in [0.29, 0.717) is 0 Å². The van der Waals surface area contributed by atoms with E-state index in [2.05, 4.69) is 42.0 Å². The third kappa shape index (κ3) is 4.05. The fourth-order valence-corrected chi connectivity index (χ4v) is 2.73. The smallest absolute Gasteiger partial charge is 0.124 e. The van der Waals surface area contributed by atoms with E-state index in [4.69, 9.17) is 4.74 Å². The van der Waals surface area contributed by atoms with E-state index in [0.717, 1.165) is 35.4 Å². The van der Waals surface area contributed by atoms with Crippen molar-refractivity contribution in [1.29, 1.82) is 0 Å². The summed E-state index contributed by atoms with van der Waals surface area (Å²) >= 11 is 0. The highest BCUT2D eigenvalue weighted by Gasteiger charge is 2.08. The largest absolute Gasteiger partial charge is 0.496 e. The van der Waals surface area contributed by atoms with E-state index in [1.807, 2.05) is 38.4 Å². The van der Waals surface area contributed by atoms with Gasteiger partial charge < -0.3 is 10.1 Å². The Morgan fingerprint density at radius 1 is 1.29 bits per heavy atom. The molecule has 0 bridgehead atoms. The molecule has 1 aromatic carbocycles. The number of ether oxygens (including phenoxy) is 1. The van der Waals surface area contributed by atoms with Crippen LogP contribution in [-0.4, -0.2) is 19.1 Å². The lowest BCUT2D eigenvalue weighted by atomic mass is 9.99. The van der Waals surface area contributed by atoms with Crippen molar-refractivity contribution in [3.05, 3.63) is 71.6 Å². The predicted octanol–water partition coefficient (Wildman–Crippen LogP) is 4.58. The molecule has 0 aliphatic rings. The van der Waals surface area contributed by atoms with Gasteiger partial charge in [0.15, 0.2) is 0 Å². The van der Waals surface area contributed by atoms with Gasteiger partial charge in [-0.3, -0.25) is 4.98 Å². The molecule has 0 radical (unpaired) electrons. The highest BCUT2D eigenvalue weighted by atomic mass is 16.5. The Bertz CT molecular complexity index is 788. The topological polar surface area (TPSA) is 34.2 Å². The average molecular weight is 322 g/mol. The third-order valence-electron chi connectivity index (χ3n) is 4.13. The van der Waals surface area contributed by atoms with Crippen LogP contribution in [0.1, 0.15) is 25.0 Å².